The van der Waals surface area contributed by atoms with Crippen LogP contribution in [-0.4, -0.2) is 34.3 Å². The van der Waals surface area contributed by atoms with Gasteiger partial charge in [0.1, 0.15) is 6.04 Å². The van der Waals surface area contributed by atoms with E-state index in [1.807, 2.05) is 0 Å². The summed E-state index contributed by atoms with van der Waals surface area (Å²) in [5, 5.41) is 0. The molecule has 1 atom stereocenters. The molecule has 0 saturated heterocycles. The van der Waals surface area contributed by atoms with E-state index < -0.39 is 23.8 Å². The number of ether oxygens (including phenoxy) is 1. The van der Waals surface area contributed by atoms with Crippen molar-refractivity contribution < 1.29 is 23.5 Å². The number of nitrogens with zero attached hydrogens (tertiary/aromatic N) is 2. The molecule has 2 heterocycles. The van der Waals surface area contributed by atoms with Crippen LogP contribution in [0.3, 0.4) is 0 Å². The summed E-state index contributed by atoms with van der Waals surface area (Å²) in [7, 11) is 0. The van der Waals surface area contributed by atoms with Crippen LogP contribution in [0.15, 0.2) is 28.7 Å². The van der Waals surface area contributed by atoms with Crippen LogP contribution in [0.1, 0.15) is 62.7 Å². The van der Waals surface area contributed by atoms with Crippen molar-refractivity contribution in [2.75, 3.05) is 6.61 Å². The summed E-state index contributed by atoms with van der Waals surface area (Å²) in [5.41, 5.74) is 1.05. The van der Waals surface area contributed by atoms with Crippen molar-refractivity contribution in [3.8, 4) is 0 Å². The Labute approximate surface area is 138 Å². The van der Waals surface area contributed by atoms with Gasteiger partial charge in [-0.25, -0.2) is 9.78 Å². The molecule has 24 heavy (non-hydrogen) atoms. The molecule has 1 unspecified atom stereocenters. The number of hydrogen-bond acceptors (Lipinski definition) is 6. The van der Waals surface area contributed by atoms with E-state index in [9.17, 15) is 14.4 Å². The third-order valence-electron chi connectivity index (χ3n) is 3.84. The van der Waals surface area contributed by atoms with Gasteiger partial charge in [-0.2, -0.15) is 0 Å². The number of aromatic nitrogens is 1. The number of carbonyl (C=O) groups excluding carboxylic acids is 3. The quantitative estimate of drug-likeness (QED) is 0.633. The van der Waals surface area contributed by atoms with Crippen LogP contribution in [0.4, 0.5) is 0 Å². The number of aryl methyl sites for hydroxylation is 1. The third-order valence-corrected chi connectivity index (χ3v) is 3.84. The summed E-state index contributed by atoms with van der Waals surface area (Å²) < 4.78 is 10.4. The molecule has 0 N–H and O–H groups in total. The van der Waals surface area contributed by atoms with E-state index in [2.05, 4.69) is 4.98 Å². The lowest BCUT2D eigenvalue weighted by molar-refractivity contribution is 0.0482. The molecule has 7 heteroatoms. The van der Waals surface area contributed by atoms with Crippen LogP contribution in [0.5, 0.6) is 0 Å². The standard InChI is InChI=1S/C17H16N2O5/c1-4-23-17(22)13-9(2)18-14(24-13)10(3)19-15(20)11-7-5-6-8-12(11)16(19)21/h5-8,10H,4H2,1-3H3. The number of esters is 1. The predicted molar refractivity (Wildman–Crippen MR) is 82.6 cm³/mol. The summed E-state index contributed by atoms with van der Waals surface area (Å²) in [6, 6.07) is 5.87. The van der Waals surface area contributed by atoms with Crippen molar-refractivity contribution in [2.45, 2.75) is 26.8 Å². The highest BCUT2D eigenvalue weighted by Gasteiger charge is 2.40. The van der Waals surface area contributed by atoms with Gasteiger partial charge in [-0.05, 0) is 32.9 Å². The van der Waals surface area contributed by atoms with E-state index >= 15 is 0 Å². The zero-order chi connectivity index (χ0) is 17.4. The lowest BCUT2D eigenvalue weighted by atomic mass is 10.1. The first-order valence-corrected chi connectivity index (χ1v) is 7.57. The van der Waals surface area contributed by atoms with E-state index in [1.54, 1.807) is 45.0 Å². The van der Waals surface area contributed by atoms with E-state index in [0.29, 0.717) is 16.8 Å². The zero-order valence-corrected chi connectivity index (χ0v) is 13.5. The highest BCUT2D eigenvalue weighted by molar-refractivity contribution is 6.21. The first-order valence-electron chi connectivity index (χ1n) is 7.57. The Morgan fingerprint density at radius 2 is 1.83 bits per heavy atom. The van der Waals surface area contributed by atoms with Crippen LogP contribution in [0, 0.1) is 6.92 Å². The zero-order valence-electron chi connectivity index (χ0n) is 13.5. The number of oxazole rings is 1. The largest absolute Gasteiger partial charge is 0.460 e. The molecule has 2 amide bonds. The molecule has 124 valence electrons. The average molecular weight is 328 g/mol. The Balaban J connectivity index is 1.92. The second-order valence-corrected chi connectivity index (χ2v) is 5.39. The monoisotopic (exact) mass is 328 g/mol. The molecule has 0 saturated carbocycles. The summed E-state index contributed by atoms with van der Waals surface area (Å²) in [4.78, 5) is 42.1. The molecular formula is C17H16N2O5. The number of hydrogen-bond donors (Lipinski definition) is 0. The Bertz CT molecular complexity index is 804. The molecule has 1 aromatic carbocycles. The maximum Gasteiger partial charge on any atom is 0.376 e. The number of imide groups is 1. The number of carbonyl (C=O) groups is 3. The normalized spacial score (nSPS) is 14.7. The second-order valence-electron chi connectivity index (χ2n) is 5.39. The minimum absolute atomic E-state index is 0.0182. The second kappa shape index (κ2) is 5.92. The molecule has 0 fully saturated rings. The van der Waals surface area contributed by atoms with Gasteiger partial charge in [0, 0.05) is 0 Å². The van der Waals surface area contributed by atoms with E-state index in [1.165, 1.54) is 0 Å². The Kier molecular flexibility index (Phi) is 3.92. The van der Waals surface area contributed by atoms with Gasteiger partial charge in [-0.3, -0.25) is 14.5 Å². The van der Waals surface area contributed by atoms with E-state index in [0.717, 1.165) is 4.90 Å². The SMILES string of the molecule is CCOC(=O)c1oc(C(C)N2C(=O)c3ccccc3C2=O)nc1C. The van der Waals surface area contributed by atoms with Gasteiger partial charge in [-0.1, -0.05) is 12.1 Å². The van der Waals surface area contributed by atoms with Crippen molar-refractivity contribution in [1.82, 2.24) is 9.88 Å². The number of rotatable bonds is 4. The van der Waals surface area contributed by atoms with Gasteiger partial charge in [0.15, 0.2) is 0 Å². The molecule has 0 bridgehead atoms. The molecule has 7 nitrogen and oxygen atoms in total. The average Bonchev–Trinajstić information content (AvgIpc) is 3.07. The van der Waals surface area contributed by atoms with Gasteiger partial charge in [0.25, 0.3) is 11.8 Å². The minimum atomic E-state index is -0.737. The van der Waals surface area contributed by atoms with Gasteiger partial charge >= 0.3 is 5.97 Å². The lowest BCUT2D eigenvalue weighted by Gasteiger charge is -2.19. The topological polar surface area (TPSA) is 89.7 Å². The van der Waals surface area contributed by atoms with E-state index in [4.69, 9.17) is 9.15 Å². The number of amides is 2. The molecule has 0 radical (unpaired) electrons. The first kappa shape index (κ1) is 15.9. The molecule has 1 aliphatic heterocycles. The number of benzene rings is 1. The highest BCUT2D eigenvalue weighted by Crippen LogP contribution is 2.31. The smallest absolute Gasteiger partial charge is 0.376 e. The van der Waals surface area contributed by atoms with E-state index in [-0.39, 0.29) is 18.3 Å². The van der Waals surface area contributed by atoms with Crippen molar-refractivity contribution in [2.24, 2.45) is 0 Å². The van der Waals surface area contributed by atoms with Crippen LogP contribution in [0.25, 0.3) is 0 Å². The Hall–Kier alpha value is -2.96. The maximum atomic E-state index is 12.5. The fourth-order valence-electron chi connectivity index (χ4n) is 2.65. The molecular weight excluding hydrogens is 312 g/mol. The molecule has 3 rings (SSSR count). The van der Waals surface area contributed by atoms with Gasteiger partial charge in [0.2, 0.25) is 11.7 Å². The van der Waals surface area contributed by atoms with Gasteiger partial charge in [-0.15, -0.1) is 0 Å². The van der Waals surface area contributed by atoms with Crippen molar-refractivity contribution in [3.05, 3.63) is 52.7 Å². The lowest BCUT2D eigenvalue weighted by Crippen LogP contribution is -2.32. The van der Waals surface area contributed by atoms with Crippen molar-refractivity contribution in [1.29, 1.82) is 0 Å². The fraction of sp³-hybridized carbons (Fsp3) is 0.294. The summed E-state index contributed by atoms with van der Waals surface area (Å²) in [6.07, 6.45) is 0. The predicted octanol–water partition coefficient (Wildman–Crippen LogP) is 2.52. The van der Waals surface area contributed by atoms with Crippen LogP contribution in [-0.2, 0) is 4.74 Å². The Morgan fingerprint density at radius 1 is 1.25 bits per heavy atom. The van der Waals surface area contributed by atoms with Crippen molar-refractivity contribution in [3.63, 3.8) is 0 Å². The summed E-state index contributed by atoms with van der Waals surface area (Å²) in [5.74, 6) is -1.34. The highest BCUT2D eigenvalue weighted by atomic mass is 16.5. The molecule has 0 aliphatic carbocycles. The number of fused-ring (bicyclic) bond motifs is 1. The van der Waals surface area contributed by atoms with Crippen LogP contribution in [0.2, 0.25) is 0 Å². The Morgan fingerprint density at radius 3 is 2.38 bits per heavy atom. The van der Waals surface area contributed by atoms with Gasteiger partial charge < -0.3 is 9.15 Å². The van der Waals surface area contributed by atoms with Crippen molar-refractivity contribution >= 4 is 17.8 Å². The third kappa shape index (κ3) is 2.38. The molecule has 1 aromatic heterocycles. The maximum absolute atomic E-state index is 12.5. The summed E-state index contributed by atoms with van der Waals surface area (Å²) >= 11 is 0. The fourth-order valence-corrected chi connectivity index (χ4v) is 2.65. The summed E-state index contributed by atoms with van der Waals surface area (Å²) in [6.45, 7) is 5.13. The van der Waals surface area contributed by atoms with Crippen LogP contribution >= 0.6 is 0 Å². The first-order chi connectivity index (χ1) is 11.5. The molecule has 1 aliphatic rings. The van der Waals surface area contributed by atoms with Crippen LogP contribution < -0.4 is 0 Å². The minimum Gasteiger partial charge on any atom is -0.460 e. The molecule has 2 aromatic rings. The molecule has 0 spiro atoms. The van der Waals surface area contributed by atoms with Gasteiger partial charge in [0.05, 0.1) is 23.4 Å².